The van der Waals surface area contributed by atoms with Crippen LogP contribution in [0.1, 0.15) is 25.7 Å². The Kier molecular flexibility index (Phi) is 3.47. The Labute approximate surface area is 79.4 Å². The minimum absolute atomic E-state index is 0.177. The molecule has 0 bridgehead atoms. The number of rotatable bonds is 3. The summed E-state index contributed by atoms with van der Waals surface area (Å²) in [5, 5.41) is 0. The second-order valence-corrected chi connectivity index (χ2v) is 6.19. The fraction of sp³-hybridized carbons (Fsp3) is 0.889. The van der Waals surface area contributed by atoms with E-state index in [1.807, 2.05) is 0 Å². The Hall–Kier alpha value is -0.380. The molecule has 0 aromatic rings. The van der Waals surface area contributed by atoms with E-state index >= 15 is 0 Å². The molecule has 1 aliphatic carbocycles. The van der Waals surface area contributed by atoms with Gasteiger partial charge in [-0.15, -0.1) is 0 Å². The van der Waals surface area contributed by atoms with Gasteiger partial charge in [-0.25, -0.2) is 8.42 Å². The van der Waals surface area contributed by atoms with Gasteiger partial charge < -0.3 is 4.79 Å². The van der Waals surface area contributed by atoms with E-state index in [9.17, 15) is 13.2 Å². The average molecular weight is 204 g/mol. The highest BCUT2D eigenvalue weighted by atomic mass is 32.2. The van der Waals surface area contributed by atoms with Crippen LogP contribution in [0.15, 0.2) is 0 Å². The van der Waals surface area contributed by atoms with Gasteiger partial charge in [0.25, 0.3) is 0 Å². The van der Waals surface area contributed by atoms with E-state index in [0.717, 1.165) is 32.0 Å². The van der Waals surface area contributed by atoms with Gasteiger partial charge in [0.15, 0.2) is 0 Å². The van der Waals surface area contributed by atoms with E-state index in [1.54, 1.807) is 0 Å². The first-order chi connectivity index (χ1) is 6.01. The number of hydrogen-bond acceptors (Lipinski definition) is 3. The summed E-state index contributed by atoms with van der Waals surface area (Å²) in [4.78, 5) is 10.4. The standard InChI is InChI=1S/C9H16O3S/c1-13(11,12)7-9-4-2-8(6-10)3-5-9/h6,8-9H,2-5,7H2,1H3. The van der Waals surface area contributed by atoms with Gasteiger partial charge in [-0.3, -0.25) is 0 Å². The Morgan fingerprint density at radius 1 is 1.23 bits per heavy atom. The first kappa shape index (κ1) is 10.7. The zero-order valence-corrected chi connectivity index (χ0v) is 8.72. The van der Waals surface area contributed by atoms with Crippen LogP contribution in [0.2, 0.25) is 0 Å². The SMILES string of the molecule is CS(=O)(=O)CC1CCC(C=O)CC1. The first-order valence-electron chi connectivity index (χ1n) is 4.64. The molecule has 0 saturated heterocycles. The molecule has 0 amide bonds. The van der Waals surface area contributed by atoms with Crippen LogP contribution in [0.3, 0.4) is 0 Å². The van der Waals surface area contributed by atoms with Gasteiger partial charge in [0, 0.05) is 12.2 Å². The van der Waals surface area contributed by atoms with Gasteiger partial charge in [0.05, 0.1) is 5.75 Å². The van der Waals surface area contributed by atoms with Crippen molar-refractivity contribution >= 4 is 16.1 Å². The molecular formula is C9H16O3S. The van der Waals surface area contributed by atoms with Crippen molar-refractivity contribution in [1.29, 1.82) is 0 Å². The third kappa shape index (κ3) is 3.89. The quantitative estimate of drug-likeness (QED) is 0.645. The minimum Gasteiger partial charge on any atom is -0.303 e. The zero-order chi connectivity index (χ0) is 9.90. The van der Waals surface area contributed by atoms with Crippen molar-refractivity contribution in [3.63, 3.8) is 0 Å². The number of carbonyl (C=O) groups is 1. The van der Waals surface area contributed by atoms with Crippen LogP contribution in [0.25, 0.3) is 0 Å². The lowest BCUT2D eigenvalue weighted by Crippen LogP contribution is -2.21. The summed E-state index contributed by atoms with van der Waals surface area (Å²) >= 11 is 0. The molecule has 0 spiro atoms. The maximum absolute atomic E-state index is 11.0. The lowest BCUT2D eigenvalue weighted by molar-refractivity contribution is -0.112. The molecule has 0 heterocycles. The molecule has 13 heavy (non-hydrogen) atoms. The largest absolute Gasteiger partial charge is 0.303 e. The molecule has 1 rings (SSSR count). The molecule has 3 nitrogen and oxygen atoms in total. The van der Waals surface area contributed by atoms with Crippen LogP contribution in [-0.2, 0) is 14.6 Å². The second-order valence-electron chi connectivity index (χ2n) is 4.01. The number of hydrogen-bond donors (Lipinski definition) is 0. The van der Waals surface area contributed by atoms with E-state index in [-0.39, 0.29) is 11.8 Å². The summed E-state index contributed by atoms with van der Waals surface area (Å²) < 4.78 is 22.0. The van der Waals surface area contributed by atoms with Crippen molar-refractivity contribution in [3.05, 3.63) is 0 Å². The van der Waals surface area contributed by atoms with Crippen molar-refractivity contribution in [1.82, 2.24) is 0 Å². The Morgan fingerprint density at radius 3 is 2.15 bits per heavy atom. The minimum atomic E-state index is -2.84. The predicted molar refractivity (Wildman–Crippen MR) is 51.2 cm³/mol. The van der Waals surface area contributed by atoms with Crippen molar-refractivity contribution in [2.45, 2.75) is 25.7 Å². The van der Waals surface area contributed by atoms with Gasteiger partial charge in [0.1, 0.15) is 16.1 Å². The summed E-state index contributed by atoms with van der Waals surface area (Å²) in [5.41, 5.74) is 0. The summed E-state index contributed by atoms with van der Waals surface area (Å²) in [6, 6.07) is 0. The molecule has 4 heteroatoms. The van der Waals surface area contributed by atoms with Crippen LogP contribution in [0.4, 0.5) is 0 Å². The third-order valence-electron chi connectivity index (χ3n) is 2.62. The average Bonchev–Trinajstić information content (AvgIpc) is 2.03. The van der Waals surface area contributed by atoms with E-state index in [4.69, 9.17) is 0 Å². The molecule has 0 atom stereocenters. The van der Waals surface area contributed by atoms with Crippen molar-refractivity contribution in [2.24, 2.45) is 11.8 Å². The molecule has 1 aliphatic rings. The van der Waals surface area contributed by atoms with Crippen LogP contribution in [-0.4, -0.2) is 26.7 Å². The molecule has 1 fully saturated rings. The highest BCUT2D eigenvalue weighted by Gasteiger charge is 2.23. The fourth-order valence-electron chi connectivity index (χ4n) is 1.92. The van der Waals surface area contributed by atoms with Crippen LogP contribution in [0, 0.1) is 11.8 Å². The molecule has 0 unspecified atom stereocenters. The van der Waals surface area contributed by atoms with Gasteiger partial charge in [-0.2, -0.15) is 0 Å². The molecule has 0 radical (unpaired) electrons. The number of carbonyl (C=O) groups excluding carboxylic acids is 1. The molecule has 0 aromatic carbocycles. The van der Waals surface area contributed by atoms with Crippen molar-refractivity contribution < 1.29 is 13.2 Å². The molecule has 0 aromatic heterocycles. The topological polar surface area (TPSA) is 51.2 Å². The van der Waals surface area contributed by atoms with Crippen molar-refractivity contribution in [2.75, 3.05) is 12.0 Å². The second kappa shape index (κ2) is 4.22. The molecular weight excluding hydrogens is 188 g/mol. The van der Waals surface area contributed by atoms with E-state index < -0.39 is 9.84 Å². The summed E-state index contributed by atoms with van der Waals surface area (Å²) in [6.45, 7) is 0. The first-order valence-corrected chi connectivity index (χ1v) is 6.70. The third-order valence-corrected chi connectivity index (χ3v) is 3.70. The normalized spacial score (nSPS) is 29.9. The summed E-state index contributed by atoms with van der Waals surface area (Å²) in [5.74, 6) is 0.750. The van der Waals surface area contributed by atoms with Crippen LogP contribution >= 0.6 is 0 Å². The predicted octanol–water partition coefficient (Wildman–Crippen LogP) is 1.04. The van der Waals surface area contributed by atoms with Gasteiger partial charge in [-0.05, 0) is 31.6 Å². The van der Waals surface area contributed by atoms with Gasteiger partial charge in [-0.1, -0.05) is 0 Å². The lowest BCUT2D eigenvalue weighted by Gasteiger charge is -2.24. The van der Waals surface area contributed by atoms with Crippen LogP contribution in [0.5, 0.6) is 0 Å². The van der Waals surface area contributed by atoms with E-state index in [0.29, 0.717) is 5.75 Å². The zero-order valence-electron chi connectivity index (χ0n) is 7.90. The Morgan fingerprint density at radius 2 is 1.77 bits per heavy atom. The van der Waals surface area contributed by atoms with Gasteiger partial charge in [0.2, 0.25) is 0 Å². The molecule has 0 N–H and O–H groups in total. The van der Waals surface area contributed by atoms with Crippen molar-refractivity contribution in [3.8, 4) is 0 Å². The molecule has 1 saturated carbocycles. The van der Waals surface area contributed by atoms with E-state index in [1.165, 1.54) is 6.26 Å². The number of sulfone groups is 1. The summed E-state index contributed by atoms with van der Waals surface area (Å²) in [6.07, 6.45) is 5.77. The van der Waals surface area contributed by atoms with Gasteiger partial charge >= 0.3 is 0 Å². The fourth-order valence-corrected chi connectivity index (χ4v) is 3.11. The molecule has 76 valence electrons. The monoisotopic (exact) mass is 204 g/mol. The lowest BCUT2D eigenvalue weighted by atomic mass is 9.84. The Balaban J connectivity index is 2.37. The Bertz CT molecular complexity index is 261. The highest BCUT2D eigenvalue weighted by Crippen LogP contribution is 2.28. The maximum atomic E-state index is 11.0. The maximum Gasteiger partial charge on any atom is 0.147 e. The molecule has 0 aliphatic heterocycles. The highest BCUT2D eigenvalue weighted by molar-refractivity contribution is 7.90. The smallest absolute Gasteiger partial charge is 0.147 e. The van der Waals surface area contributed by atoms with Crippen LogP contribution < -0.4 is 0 Å². The number of aldehydes is 1. The summed E-state index contributed by atoms with van der Waals surface area (Å²) in [7, 11) is -2.84. The van der Waals surface area contributed by atoms with E-state index in [2.05, 4.69) is 0 Å².